The maximum Gasteiger partial charge on any atom is 0.0594 e. The number of nitrogens with zero attached hydrogens (tertiary/aromatic N) is 1. The molecule has 3 nitrogen and oxygen atoms in total. The average molecular weight is 289 g/mol. The second-order valence-electron chi connectivity index (χ2n) is 4.61. The van der Waals surface area contributed by atoms with Gasteiger partial charge in [0, 0.05) is 35.7 Å². The minimum atomic E-state index is 0.0850. The molecule has 2 rings (SSSR count). The van der Waals surface area contributed by atoms with Crippen molar-refractivity contribution in [3.8, 4) is 0 Å². The molecule has 5 heteroatoms. The third kappa shape index (κ3) is 4.11. The molecule has 1 aliphatic rings. The van der Waals surface area contributed by atoms with Gasteiger partial charge in [-0.25, -0.2) is 0 Å². The van der Waals surface area contributed by atoms with Gasteiger partial charge in [-0.05, 0) is 24.1 Å². The molecule has 1 heterocycles. The van der Waals surface area contributed by atoms with Crippen LogP contribution in [0.3, 0.4) is 0 Å². The molecule has 0 bridgehead atoms. The Labute approximate surface area is 118 Å². The summed E-state index contributed by atoms with van der Waals surface area (Å²) >= 11 is 12.0. The van der Waals surface area contributed by atoms with Crippen molar-refractivity contribution in [3.63, 3.8) is 0 Å². The SMILES string of the molecule is NC(Cc1ccc(Cl)cc1Cl)CN1CCOCC1. The van der Waals surface area contributed by atoms with E-state index in [1.54, 1.807) is 6.07 Å². The highest BCUT2D eigenvalue weighted by Gasteiger charge is 2.15. The summed E-state index contributed by atoms with van der Waals surface area (Å²) in [5.41, 5.74) is 7.23. The topological polar surface area (TPSA) is 38.5 Å². The van der Waals surface area contributed by atoms with E-state index >= 15 is 0 Å². The Balaban J connectivity index is 1.87. The van der Waals surface area contributed by atoms with Crippen LogP contribution in [0.1, 0.15) is 5.56 Å². The maximum atomic E-state index is 6.17. The van der Waals surface area contributed by atoms with Crippen LogP contribution >= 0.6 is 23.2 Å². The van der Waals surface area contributed by atoms with E-state index in [9.17, 15) is 0 Å². The van der Waals surface area contributed by atoms with E-state index in [4.69, 9.17) is 33.7 Å². The Bertz CT molecular complexity index is 395. The Morgan fingerprint density at radius 2 is 2.00 bits per heavy atom. The molecule has 0 amide bonds. The fraction of sp³-hybridized carbons (Fsp3) is 0.538. The zero-order valence-electron chi connectivity index (χ0n) is 10.2. The summed E-state index contributed by atoms with van der Waals surface area (Å²) in [5, 5.41) is 1.35. The first-order valence-corrected chi connectivity index (χ1v) is 6.90. The van der Waals surface area contributed by atoms with E-state index in [0.717, 1.165) is 44.8 Å². The van der Waals surface area contributed by atoms with Gasteiger partial charge in [0.25, 0.3) is 0 Å². The largest absolute Gasteiger partial charge is 0.379 e. The van der Waals surface area contributed by atoms with Crippen LogP contribution in [0.25, 0.3) is 0 Å². The summed E-state index contributed by atoms with van der Waals surface area (Å²) in [7, 11) is 0. The van der Waals surface area contributed by atoms with Crippen LogP contribution in [0.2, 0.25) is 10.0 Å². The Morgan fingerprint density at radius 1 is 1.28 bits per heavy atom. The summed E-state index contributed by atoms with van der Waals surface area (Å²) < 4.78 is 5.31. The lowest BCUT2D eigenvalue weighted by molar-refractivity contribution is 0.0353. The zero-order chi connectivity index (χ0) is 13.0. The first-order chi connectivity index (χ1) is 8.65. The van der Waals surface area contributed by atoms with E-state index < -0.39 is 0 Å². The molecular weight excluding hydrogens is 271 g/mol. The van der Waals surface area contributed by atoms with E-state index in [1.165, 1.54) is 0 Å². The predicted octanol–water partition coefficient (Wildman–Crippen LogP) is 2.20. The van der Waals surface area contributed by atoms with Gasteiger partial charge in [-0.2, -0.15) is 0 Å². The third-order valence-electron chi connectivity index (χ3n) is 3.09. The van der Waals surface area contributed by atoms with Crippen molar-refractivity contribution in [1.29, 1.82) is 0 Å². The smallest absolute Gasteiger partial charge is 0.0594 e. The molecule has 1 aromatic rings. The molecule has 1 aliphatic heterocycles. The van der Waals surface area contributed by atoms with Gasteiger partial charge in [-0.3, -0.25) is 4.90 Å². The number of rotatable bonds is 4. The highest BCUT2D eigenvalue weighted by molar-refractivity contribution is 6.35. The van der Waals surface area contributed by atoms with Gasteiger partial charge in [0.05, 0.1) is 13.2 Å². The maximum absolute atomic E-state index is 6.17. The zero-order valence-corrected chi connectivity index (χ0v) is 11.8. The molecule has 100 valence electrons. The van der Waals surface area contributed by atoms with Gasteiger partial charge in [-0.15, -0.1) is 0 Å². The quantitative estimate of drug-likeness (QED) is 0.923. The highest BCUT2D eigenvalue weighted by Crippen LogP contribution is 2.22. The molecular formula is C13H18Cl2N2O. The molecule has 1 saturated heterocycles. The molecule has 1 atom stereocenters. The van der Waals surface area contributed by atoms with Crippen LogP contribution in [0.4, 0.5) is 0 Å². The van der Waals surface area contributed by atoms with Crippen molar-refractivity contribution in [2.45, 2.75) is 12.5 Å². The van der Waals surface area contributed by atoms with Gasteiger partial charge in [0.2, 0.25) is 0 Å². The predicted molar refractivity (Wildman–Crippen MR) is 75.4 cm³/mol. The monoisotopic (exact) mass is 288 g/mol. The first kappa shape index (κ1) is 14.1. The van der Waals surface area contributed by atoms with Crippen LogP contribution in [-0.4, -0.2) is 43.8 Å². The molecule has 0 spiro atoms. The van der Waals surface area contributed by atoms with Gasteiger partial charge < -0.3 is 10.5 Å². The molecule has 1 unspecified atom stereocenters. The molecule has 18 heavy (non-hydrogen) atoms. The summed E-state index contributed by atoms with van der Waals surface area (Å²) in [6, 6.07) is 5.65. The summed E-state index contributed by atoms with van der Waals surface area (Å²) in [5.74, 6) is 0. The van der Waals surface area contributed by atoms with Crippen molar-refractivity contribution >= 4 is 23.2 Å². The van der Waals surface area contributed by atoms with E-state index in [1.807, 2.05) is 12.1 Å². The fourth-order valence-electron chi connectivity index (χ4n) is 2.15. The minimum Gasteiger partial charge on any atom is -0.379 e. The number of hydrogen-bond donors (Lipinski definition) is 1. The lowest BCUT2D eigenvalue weighted by atomic mass is 10.1. The molecule has 0 saturated carbocycles. The summed E-state index contributed by atoms with van der Waals surface area (Å²) in [6.45, 7) is 4.40. The first-order valence-electron chi connectivity index (χ1n) is 6.15. The standard InChI is InChI=1S/C13H18Cl2N2O/c14-11-2-1-10(13(15)8-11)7-12(16)9-17-3-5-18-6-4-17/h1-2,8,12H,3-7,9,16H2. The van der Waals surface area contributed by atoms with Gasteiger partial charge in [0.1, 0.15) is 0 Å². The van der Waals surface area contributed by atoms with Crippen molar-refractivity contribution in [3.05, 3.63) is 33.8 Å². The van der Waals surface area contributed by atoms with Crippen LogP contribution in [-0.2, 0) is 11.2 Å². The lowest BCUT2D eigenvalue weighted by Crippen LogP contribution is -2.44. The number of halogens is 2. The fourth-order valence-corrected chi connectivity index (χ4v) is 2.64. The minimum absolute atomic E-state index is 0.0850. The molecule has 0 aliphatic carbocycles. The molecule has 0 aromatic heterocycles. The van der Waals surface area contributed by atoms with E-state index in [0.29, 0.717) is 10.0 Å². The van der Waals surface area contributed by atoms with Crippen molar-refractivity contribution in [2.75, 3.05) is 32.8 Å². The number of ether oxygens (including phenoxy) is 1. The normalized spacial score (nSPS) is 18.8. The molecule has 0 radical (unpaired) electrons. The summed E-state index contributed by atoms with van der Waals surface area (Å²) in [6.07, 6.45) is 0.771. The van der Waals surface area contributed by atoms with Crippen molar-refractivity contribution in [1.82, 2.24) is 4.90 Å². The Morgan fingerprint density at radius 3 is 2.67 bits per heavy atom. The van der Waals surface area contributed by atoms with Crippen LogP contribution in [0, 0.1) is 0 Å². The van der Waals surface area contributed by atoms with Crippen LogP contribution in [0.5, 0.6) is 0 Å². The number of morpholine rings is 1. The second kappa shape index (κ2) is 6.73. The van der Waals surface area contributed by atoms with Gasteiger partial charge >= 0.3 is 0 Å². The summed E-state index contributed by atoms with van der Waals surface area (Å²) in [4.78, 5) is 2.33. The lowest BCUT2D eigenvalue weighted by Gasteiger charge is -2.29. The number of nitrogens with two attached hydrogens (primary N) is 1. The van der Waals surface area contributed by atoms with Crippen LogP contribution < -0.4 is 5.73 Å². The van der Waals surface area contributed by atoms with Crippen LogP contribution in [0.15, 0.2) is 18.2 Å². The number of hydrogen-bond acceptors (Lipinski definition) is 3. The Hall–Kier alpha value is -0.320. The van der Waals surface area contributed by atoms with E-state index in [2.05, 4.69) is 4.90 Å². The Kier molecular flexibility index (Phi) is 5.27. The van der Waals surface area contributed by atoms with Gasteiger partial charge in [0.15, 0.2) is 0 Å². The van der Waals surface area contributed by atoms with E-state index in [-0.39, 0.29) is 6.04 Å². The second-order valence-corrected chi connectivity index (χ2v) is 5.46. The molecule has 1 fully saturated rings. The van der Waals surface area contributed by atoms with Crippen molar-refractivity contribution in [2.24, 2.45) is 5.73 Å². The highest BCUT2D eigenvalue weighted by atomic mass is 35.5. The number of benzene rings is 1. The third-order valence-corrected chi connectivity index (χ3v) is 3.68. The average Bonchev–Trinajstić information content (AvgIpc) is 2.34. The van der Waals surface area contributed by atoms with Crippen molar-refractivity contribution < 1.29 is 4.74 Å². The molecule has 2 N–H and O–H groups in total. The van der Waals surface area contributed by atoms with Gasteiger partial charge in [-0.1, -0.05) is 29.3 Å². The molecule has 1 aromatic carbocycles.